The molecule has 2 rings (SSSR count). The van der Waals surface area contributed by atoms with Crippen molar-refractivity contribution in [1.82, 2.24) is 0 Å². The van der Waals surface area contributed by atoms with Gasteiger partial charge < -0.3 is 5.73 Å². The summed E-state index contributed by atoms with van der Waals surface area (Å²) in [7, 11) is 0. The van der Waals surface area contributed by atoms with E-state index in [9.17, 15) is 0 Å². The molecule has 1 fully saturated rings. The van der Waals surface area contributed by atoms with E-state index in [4.69, 9.17) is 28.9 Å². The molecule has 82 valence electrons. The lowest BCUT2D eigenvalue weighted by Gasteiger charge is -2.18. The lowest BCUT2D eigenvalue weighted by Crippen LogP contribution is -2.31. The molecule has 0 aliphatic heterocycles. The van der Waals surface area contributed by atoms with Crippen molar-refractivity contribution in [3.8, 4) is 0 Å². The number of hydrogen-bond donors (Lipinski definition) is 1. The van der Waals surface area contributed by atoms with Crippen LogP contribution in [0.1, 0.15) is 25.3 Å². The molecule has 1 aliphatic carbocycles. The van der Waals surface area contributed by atoms with Gasteiger partial charge in [0.1, 0.15) is 0 Å². The fraction of sp³-hybridized carbons (Fsp3) is 0.500. The van der Waals surface area contributed by atoms with E-state index >= 15 is 0 Å². The van der Waals surface area contributed by atoms with Gasteiger partial charge in [0.05, 0.1) is 10.0 Å². The van der Waals surface area contributed by atoms with Gasteiger partial charge >= 0.3 is 0 Å². The van der Waals surface area contributed by atoms with Crippen molar-refractivity contribution in [3.63, 3.8) is 0 Å². The highest BCUT2D eigenvalue weighted by molar-refractivity contribution is 6.42. The molecule has 1 aromatic rings. The zero-order chi connectivity index (χ0) is 11.1. The zero-order valence-corrected chi connectivity index (χ0v) is 10.3. The fourth-order valence-corrected chi connectivity index (χ4v) is 2.06. The van der Waals surface area contributed by atoms with Gasteiger partial charge in [0, 0.05) is 6.04 Å². The van der Waals surface area contributed by atoms with Gasteiger partial charge in [-0.1, -0.05) is 36.2 Å². The summed E-state index contributed by atoms with van der Waals surface area (Å²) in [4.78, 5) is 0. The molecule has 1 aromatic carbocycles. The second-order valence-corrected chi connectivity index (χ2v) is 5.53. The monoisotopic (exact) mass is 243 g/mol. The maximum Gasteiger partial charge on any atom is 0.0595 e. The third kappa shape index (κ3) is 2.47. The molecule has 1 saturated carbocycles. The lowest BCUT2D eigenvalue weighted by molar-refractivity contribution is 0.433. The van der Waals surface area contributed by atoms with Crippen molar-refractivity contribution in [2.45, 2.75) is 32.2 Å². The van der Waals surface area contributed by atoms with Crippen molar-refractivity contribution >= 4 is 23.2 Å². The van der Waals surface area contributed by atoms with Crippen LogP contribution in [0.3, 0.4) is 0 Å². The average Bonchev–Trinajstić information content (AvgIpc) is 2.92. The van der Waals surface area contributed by atoms with Gasteiger partial charge in [-0.3, -0.25) is 0 Å². The van der Waals surface area contributed by atoms with Gasteiger partial charge in [0.2, 0.25) is 0 Å². The minimum absolute atomic E-state index is 0.231. The lowest BCUT2D eigenvalue weighted by atomic mass is 9.93. The smallest absolute Gasteiger partial charge is 0.0595 e. The number of halogens is 2. The van der Waals surface area contributed by atoms with Crippen LogP contribution in [-0.2, 0) is 6.42 Å². The van der Waals surface area contributed by atoms with Gasteiger partial charge in [0.15, 0.2) is 0 Å². The van der Waals surface area contributed by atoms with Crippen molar-refractivity contribution in [2.24, 2.45) is 11.1 Å². The summed E-state index contributed by atoms with van der Waals surface area (Å²) in [5.41, 5.74) is 7.68. The van der Waals surface area contributed by atoms with Crippen molar-refractivity contribution in [2.75, 3.05) is 0 Å². The molecule has 1 aliphatic rings. The number of nitrogens with two attached hydrogens (primary N) is 1. The van der Waals surface area contributed by atoms with E-state index in [1.165, 1.54) is 18.4 Å². The molecule has 3 heteroatoms. The molecule has 0 aromatic heterocycles. The van der Waals surface area contributed by atoms with Gasteiger partial charge in [-0.25, -0.2) is 0 Å². The Morgan fingerprint density at radius 1 is 1.33 bits per heavy atom. The van der Waals surface area contributed by atoms with Crippen LogP contribution < -0.4 is 5.73 Å². The molecular formula is C12H15Cl2N. The maximum absolute atomic E-state index is 6.16. The summed E-state index contributed by atoms with van der Waals surface area (Å²) in [5, 5.41) is 1.22. The Bertz CT molecular complexity index is 372. The Balaban J connectivity index is 2.07. The largest absolute Gasteiger partial charge is 0.327 e. The number of hydrogen-bond acceptors (Lipinski definition) is 1. The molecular weight excluding hydrogens is 229 g/mol. The first-order chi connectivity index (χ1) is 7.01. The van der Waals surface area contributed by atoms with Crippen molar-refractivity contribution in [3.05, 3.63) is 33.8 Å². The minimum atomic E-state index is 0.231. The van der Waals surface area contributed by atoms with Crippen LogP contribution >= 0.6 is 23.2 Å². The predicted molar refractivity (Wildman–Crippen MR) is 65.5 cm³/mol. The molecule has 1 atom stereocenters. The first kappa shape index (κ1) is 11.3. The van der Waals surface area contributed by atoms with Crippen LogP contribution in [-0.4, -0.2) is 6.04 Å². The Morgan fingerprint density at radius 3 is 2.53 bits per heavy atom. The van der Waals surface area contributed by atoms with Crippen molar-refractivity contribution < 1.29 is 0 Å². The normalized spacial score (nSPS) is 20.0. The second-order valence-electron chi connectivity index (χ2n) is 4.71. The zero-order valence-electron chi connectivity index (χ0n) is 8.76. The minimum Gasteiger partial charge on any atom is -0.327 e. The molecule has 2 N–H and O–H groups in total. The molecule has 0 radical (unpaired) electrons. The first-order valence-corrected chi connectivity index (χ1v) is 5.96. The highest BCUT2D eigenvalue weighted by atomic mass is 35.5. The Hall–Kier alpha value is -0.240. The summed E-state index contributed by atoms with van der Waals surface area (Å²) in [6.07, 6.45) is 3.37. The summed E-state index contributed by atoms with van der Waals surface area (Å²) in [6.45, 7) is 2.25. The summed E-state index contributed by atoms with van der Waals surface area (Å²) in [5.74, 6) is 0. The van der Waals surface area contributed by atoms with Crippen LogP contribution in [0, 0.1) is 5.41 Å². The van der Waals surface area contributed by atoms with Gasteiger partial charge in [-0.2, -0.15) is 0 Å². The Kier molecular flexibility index (Phi) is 2.98. The first-order valence-electron chi connectivity index (χ1n) is 5.21. The van der Waals surface area contributed by atoms with Crippen LogP contribution in [0.15, 0.2) is 18.2 Å². The average molecular weight is 244 g/mol. The summed E-state index contributed by atoms with van der Waals surface area (Å²) in [6, 6.07) is 5.98. The van der Waals surface area contributed by atoms with Crippen LogP contribution in [0.25, 0.3) is 0 Å². The second kappa shape index (κ2) is 3.97. The van der Waals surface area contributed by atoms with E-state index < -0.39 is 0 Å². The van der Waals surface area contributed by atoms with E-state index in [1.54, 1.807) is 0 Å². The van der Waals surface area contributed by atoms with Crippen LogP contribution in [0.5, 0.6) is 0 Å². The highest BCUT2D eigenvalue weighted by Crippen LogP contribution is 2.48. The number of benzene rings is 1. The van der Waals surface area contributed by atoms with E-state index in [0.29, 0.717) is 15.5 Å². The van der Waals surface area contributed by atoms with E-state index in [1.807, 2.05) is 18.2 Å². The Morgan fingerprint density at radius 2 is 2.00 bits per heavy atom. The molecule has 0 bridgehead atoms. The topological polar surface area (TPSA) is 26.0 Å². The van der Waals surface area contributed by atoms with Crippen LogP contribution in [0.2, 0.25) is 10.0 Å². The predicted octanol–water partition coefficient (Wildman–Crippen LogP) is 3.66. The molecule has 0 heterocycles. The molecule has 1 nitrogen and oxygen atoms in total. The van der Waals surface area contributed by atoms with E-state index in [2.05, 4.69) is 6.92 Å². The SMILES string of the molecule is CC1(C(N)Cc2ccc(Cl)c(Cl)c2)CC1. The third-order valence-electron chi connectivity index (χ3n) is 3.37. The number of rotatable bonds is 3. The quantitative estimate of drug-likeness (QED) is 0.862. The molecule has 1 unspecified atom stereocenters. The van der Waals surface area contributed by atoms with Gasteiger partial charge in [-0.15, -0.1) is 0 Å². The summed E-state index contributed by atoms with van der Waals surface area (Å²) >= 11 is 11.8. The molecule has 15 heavy (non-hydrogen) atoms. The maximum atomic E-state index is 6.16. The van der Waals surface area contributed by atoms with Crippen LogP contribution in [0.4, 0.5) is 0 Å². The standard InChI is InChI=1S/C12H15Cl2N/c1-12(4-5-12)11(15)7-8-2-3-9(13)10(14)6-8/h2-3,6,11H,4-5,7,15H2,1H3. The molecule has 0 amide bonds. The summed E-state index contributed by atoms with van der Waals surface area (Å²) < 4.78 is 0. The van der Waals surface area contributed by atoms with Gasteiger partial charge in [-0.05, 0) is 42.4 Å². The Labute approximate surface area is 101 Å². The molecule has 0 saturated heterocycles. The highest BCUT2D eigenvalue weighted by Gasteiger charge is 2.42. The van der Waals surface area contributed by atoms with E-state index in [0.717, 1.165) is 6.42 Å². The van der Waals surface area contributed by atoms with E-state index in [-0.39, 0.29) is 6.04 Å². The van der Waals surface area contributed by atoms with Gasteiger partial charge in [0.25, 0.3) is 0 Å². The van der Waals surface area contributed by atoms with Crippen molar-refractivity contribution in [1.29, 1.82) is 0 Å². The fourth-order valence-electron chi connectivity index (χ4n) is 1.73. The molecule has 0 spiro atoms. The third-order valence-corrected chi connectivity index (χ3v) is 4.11.